The highest BCUT2D eigenvalue weighted by atomic mass is 16.6. The molecule has 0 spiro atoms. The van der Waals surface area contributed by atoms with Gasteiger partial charge in [0.1, 0.15) is 18.9 Å². The molecule has 0 radical (unpaired) electrons. The molecule has 24 heavy (non-hydrogen) atoms. The first-order chi connectivity index (χ1) is 11.5. The number of ketones is 2. The molecule has 2 heterocycles. The van der Waals surface area contributed by atoms with Crippen molar-refractivity contribution in [1.82, 2.24) is 4.98 Å². The molecule has 1 aliphatic rings. The number of ether oxygens (including phenoxy) is 3. The van der Waals surface area contributed by atoms with Gasteiger partial charge < -0.3 is 19.2 Å². The van der Waals surface area contributed by atoms with Crippen molar-refractivity contribution < 1.29 is 28.6 Å². The molecule has 0 bridgehead atoms. The van der Waals surface area contributed by atoms with Crippen molar-refractivity contribution in [3.8, 4) is 11.5 Å². The molecule has 124 valence electrons. The van der Waals surface area contributed by atoms with Crippen molar-refractivity contribution in [3.63, 3.8) is 0 Å². The Hall–Kier alpha value is -3.09. The Kier molecular flexibility index (Phi) is 4.33. The van der Waals surface area contributed by atoms with Crippen molar-refractivity contribution in [2.24, 2.45) is 0 Å². The van der Waals surface area contributed by atoms with Crippen LogP contribution >= 0.6 is 0 Å². The molecule has 7 heteroatoms. The molecule has 1 N–H and O–H groups in total. The largest absolute Gasteiger partial charge is 0.486 e. The molecular weight excluding hydrogens is 314 g/mol. The van der Waals surface area contributed by atoms with Crippen molar-refractivity contribution >= 4 is 17.5 Å². The molecule has 0 fully saturated rings. The van der Waals surface area contributed by atoms with E-state index >= 15 is 0 Å². The fourth-order valence-corrected chi connectivity index (χ4v) is 2.22. The van der Waals surface area contributed by atoms with Crippen LogP contribution in [0.3, 0.4) is 0 Å². The third-order valence-corrected chi connectivity index (χ3v) is 3.51. The molecule has 1 aromatic heterocycles. The van der Waals surface area contributed by atoms with E-state index in [9.17, 15) is 14.4 Å². The lowest BCUT2D eigenvalue weighted by Gasteiger charge is -2.18. The fourth-order valence-electron chi connectivity index (χ4n) is 2.22. The maximum Gasteiger partial charge on any atom is 0.355 e. The summed E-state index contributed by atoms with van der Waals surface area (Å²) in [5.41, 5.74) is 0.859. The Morgan fingerprint density at radius 2 is 1.83 bits per heavy atom. The molecule has 1 aromatic carbocycles. The number of aromatic amines is 1. The van der Waals surface area contributed by atoms with Crippen LogP contribution in [0, 0.1) is 0 Å². The third-order valence-electron chi connectivity index (χ3n) is 3.51. The van der Waals surface area contributed by atoms with Gasteiger partial charge in [-0.15, -0.1) is 0 Å². The number of carbonyl (C=O) groups excluding carboxylic acids is 3. The van der Waals surface area contributed by atoms with E-state index in [1.54, 1.807) is 18.2 Å². The van der Waals surface area contributed by atoms with Crippen LogP contribution in [0.25, 0.3) is 0 Å². The fraction of sp³-hybridized carbons (Fsp3) is 0.235. The van der Waals surface area contributed by atoms with Crippen LogP contribution in [-0.4, -0.2) is 42.3 Å². The van der Waals surface area contributed by atoms with Crippen LogP contribution < -0.4 is 9.47 Å². The lowest BCUT2D eigenvalue weighted by molar-refractivity contribution is 0.0469. The second-order valence-electron chi connectivity index (χ2n) is 5.22. The summed E-state index contributed by atoms with van der Waals surface area (Å²) in [5.74, 6) is -0.156. The number of fused-ring (bicyclic) bond motifs is 1. The Morgan fingerprint density at radius 1 is 1.08 bits per heavy atom. The van der Waals surface area contributed by atoms with Gasteiger partial charge >= 0.3 is 5.97 Å². The van der Waals surface area contributed by atoms with E-state index in [1.807, 2.05) is 0 Å². The van der Waals surface area contributed by atoms with Gasteiger partial charge in [0.2, 0.25) is 0 Å². The van der Waals surface area contributed by atoms with Crippen LogP contribution in [0.1, 0.15) is 38.1 Å². The predicted octanol–water partition coefficient (Wildman–Crippen LogP) is 2.03. The average molecular weight is 329 g/mol. The number of hydrogen-bond acceptors (Lipinski definition) is 6. The first-order valence-corrected chi connectivity index (χ1v) is 7.34. The Balaban J connectivity index is 1.62. The molecule has 0 aliphatic carbocycles. The zero-order valence-corrected chi connectivity index (χ0v) is 13.0. The summed E-state index contributed by atoms with van der Waals surface area (Å²) in [6.07, 6.45) is 1.42. The summed E-state index contributed by atoms with van der Waals surface area (Å²) < 4.78 is 15.8. The highest BCUT2D eigenvalue weighted by Gasteiger charge is 2.17. The van der Waals surface area contributed by atoms with Gasteiger partial charge in [-0.1, -0.05) is 0 Å². The summed E-state index contributed by atoms with van der Waals surface area (Å²) in [6.45, 7) is 1.87. The summed E-state index contributed by atoms with van der Waals surface area (Å²) >= 11 is 0. The number of aromatic nitrogens is 1. The van der Waals surface area contributed by atoms with E-state index in [-0.39, 0.29) is 17.3 Å². The Labute approximate surface area is 137 Å². The van der Waals surface area contributed by atoms with Crippen LogP contribution in [0.15, 0.2) is 30.5 Å². The molecule has 7 nitrogen and oxygen atoms in total. The Bertz CT molecular complexity index is 807. The SMILES string of the molecule is CC(=O)c1c[nH]c(C(=O)OCC(=O)c2ccc3c(c2)OCCO3)c1. The zero-order valence-electron chi connectivity index (χ0n) is 13.0. The number of esters is 1. The first kappa shape index (κ1) is 15.8. The number of carbonyl (C=O) groups is 3. The molecule has 3 rings (SSSR count). The molecule has 2 aromatic rings. The van der Waals surface area contributed by atoms with Crippen LogP contribution in [0.2, 0.25) is 0 Å². The minimum absolute atomic E-state index is 0.121. The smallest absolute Gasteiger partial charge is 0.355 e. The summed E-state index contributed by atoms with van der Waals surface area (Å²) in [5, 5.41) is 0. The Morgan fingerprint density at radius 3 is 2.54 bits per heavy atom. The number of benzene rings is 1. The molecule has 0 unspecified atom stereocenters. The second-order valence-corrected chi connectivity index (χ2v) is 5.22. The van der Waals surface area contributed by atoms with E-state index in [0.717, 1.165) is 0 Å². The van der Waals surface area contributed by atoms with E-state index < -0.39 is 12.6 Å². The van der Waals surface area contributed by atoms with Crippen LogP contribution in [0.4, 0.5) is 0 Å². The van der Waals surface area contributed by atoms with Crippen molar-refractivity contribution in [3.05, 3.63) is 47.3 Å². The van der Waals surface area contributed by atoms with Crippen molar-refractivity contribution in [2.75, 3.05) is 19.8 Å². The monoisotopic (exact) mass is 329 g/mol. The van der Waals surface area contributed by atoms with Gasteiger partial charge in [-0.3, -0.25) is 9.59 Å². The summed E-state index contributed by atoms with van der Waals surface area (Å²) in [7, 11) is 0. The van der Waals surface area contributed by atoms with Gasteiger partial charge in [-0.05, 0) is 31.2 Å². The number of rotatable bonds is 5. The molecule has 0 saturated carbocycles. The van der Waals surface area contributed by atoms with Gasteiger partial charge in [0.05, 0.1) is 0 Å². The zero-order chi connectivity index (χ0) is 17.1. The molecular formula is C17H15NO6. The number of Topliss-reactive ketones (excluding diaryl/α,β-unsaturated/α-hetero) is 2. The van der Waals surface area contributed by atoms with E-state index in [4.69, 9.17) is 14.2 Å². The van der Waals surface area contributed by atoms with Gasteiger partial charge in [0, 0.05) is 17.3 Å². The number of nitrogens with one attached hydrogen (secondary N) is 1. The van der Waals surface area contributed by atoms with Crippen LogP contribution in [0.5, 0.6) is 11.5 Å². The molecule has 0 atom stereocenters. The molecule has 0 amide bonds. The summed E-state index contributed by atoms with van der Waals surface area (Å²) in [6, 6.07) is 6.19. The standard InChI is InChI=1S/C17H15NO6/c1-10(19)12-6-13(18-8-12)17(21)24-9-14(20)11-2-3-15-16(7-11)23-5-4-22-15/h2-3,6-8,18H,4-5,9H2,1H3. The minimum atomic E-state index is -0.701. The van der Waals surface area contributed by atoms with E-state index in [1.165, 1.54) is 19.2 Å². The minimum Gasteiger partial charge on any atom is -0.486 e. The number of hydrogen-bond donors (Lipinski definition) is 1. The lowest BCUT2D eigenvalue weighted by atomic mass is 10.1. The highest BCUT2D eigenvalue weighted by molar-refractivity contribution is 6.00. The number of H-pyrrole nitrogens is 1. The average Bonchev–Trinajstić information content (AvgIpc) is 3.09. The normalized spacial score (nSPS) is 12.5. The van der Waals surface area contributed by atoms with E-state index in [2.05, 4.69) is 4.98 Å². The predicted molar refractivity (Wildman–Crippen MR) is 82.8 cm³/mol. The highest BCUT2D eigenvalue weighted by Crippen LogP contribution is 2.30. The first-order valence-electron chi connectivity index (χ1n) is 7.34. The van der Waals surface area contributed by atoms with E-state index in [0.29, 0.717) is 35.8 Å². The topological polar surface area (TPSA) is 94.7 Å². The van der Waals surface area contributed by atoms with Crippen molar-refractivity contribution in [2.45, 2.75) is 6.92 Å². The molecule has 1 aliphatic heterocycles. The molecule has 0 saturated heterocycles. The summed E-state index contributed by atoms with van der Waals surface area (Å²) in [4.78, 5) is 37.9. The van der Waals surface area contributed by atoms with Crippen LogP contribution in [-0.2, 0) is 4.74 Å². The van der Waals surface area contributed by atoms with Gasteiger partial charge in [0.15, 0.2) is 29.7 Å². The van der Waals surface area contributed by atoms with Crippen molar-refractivity contribution in [1.29, 1.82) is 0 Å². The maximum absolute atomic E-state index is 12.1. The van der Waals surface area contributed by atoms with Gasteiger partial charge in [-0.2, -0.15) is 0 Å². The lowest BCUT2D eigenvalue weighted by Crippen LogP contribution is -2.17. The third kappa shape index (κ3) is 3.29. The second kappa shape index (κ2) is 6.57. The van der Waals surface area contributed by atoms with Gasteiger partial charge in [-0.25, -0.2) is 4.79 Å². The maximum atomic E-state index is 12.1. The quantitative estimate of drug-likeness (QED) is 0.666. The van der Waals surface area contributed by atoms with Gasteiger partial charge in [0.25, 0.3) is 0 Å².